The van der Waals surface area contributed by atoms with Crippen molar-refractivity contribution in [2.24, 2.45) is 0 Å². The second-order valence-electron chi connectivity index (χ2n) is 4.70. The molecular formula is C13H18O2Si. The van der Waals surface area contributed by atoms with Gasteiger partial charge < -0.3 is 4.74 Å². The van der Waals surface area contributed by atoms with Gasteiger partial charge in [0.05, 0.1) is 15.2 Å². The Bertz CT molecular complexity index is 388. The van der Waals surface area contributed by atoms with E-state index >= 15 is 0 Å². The van der Waals surface area contributed by atoms with Crippen LogP contribution in [0.3, 0.4) is 0 Å². The Morgan fingerprint density at radius 1 is 1.19 bits per heavy atom. The van der Waals surface area contributed by atoms with Gasteiger partial charge in [0.15, 0.2) is 0 Å². The van der Waals surface area contributed by atoms with Gasteiger partial charge in [-0.15, -0.1) is 0 Å². The van der Waals surface area contributed by atoms with Crippen molar-refractivity contribution in [1.29, 1.82) is 0 Å². The fourth-order valence-electron chi connectivity index (χ4n) is 1.53. The monoisotopic (exact) mass is 234 g/mol. The summed E-state index contributed by atoms with van der Waals surface area (Å²) in [6, 6.07) is 10.0. The Kier molecular flexibility index (Phi) is 4.07. The van der Waals surface area contributed by atoms with Crippen molar-refractivity contribution >= 4 is 19.2 Å². The van der Waals surface area contributed by atoms with E-state index < -0.39 is 8.07 Å². The molecule has 0 bridgehead atoms. The molecule has 0 aromatic heterocycles. The first-order chi connectivity index (χ1) is 7.45. The van der Waals surface area contributed by atoms with Crippen LogP contribution in [0.25, 0.3) is 5.20 Å². The molecule has 1 aromatic rings. The highest BCUT2D eigenvalue weighted by Crippen LogP contribution is 2.25. The molecule has 0 fully saturated rings. The fraction of sp³-hybridized carbons (Fsp3) is 0.308. The third kappa shape index (κ3) is 3.34. The van der Waals surface area contributed by atoms with E-state index in [1.54, 1.807) is 6.08 Å². The third-order valence-corrected chi connectivity index (χ3v) is 4.41. The zero-order chi connectivity index (χ0) is 12.2. The van der Waals surface area contributed by atoms with Gasteiger partial charge in [0, 0.05) is 6.08 Å². The van der Waals surface area contributed by atoms with E-state index in [1.165, 1.54) is 7.11 Å². The van der Waals surface area contributed by atoms with E-state index in [1.807, 2.05) is 30.3 Å². The first-order valence-corrected chi connectivity index (χ1v) is 8.80. The molecule has 0 saturated carbocycles. The summed E-state index contributed by atoms with van der Waals surface area (Å²) in [6.07, 6.45) is 1.63. The molecule has 86 valence electrons. The maximum absolute atomic E-state index is 11.4. The van der Waals surface area contributed by atoms with Crippen LogP contribution in [0.2, 0.25) is 19.6 Å². The van der Waals surface area contributed by atoms with E-state index in [9.17, 15) is 4.79 Å². The van der Waals surface area contributed by atoms with Crippen molar-refractivity contribution in [2.45, 2.75) is 19.6 Å². The number of hydrogen-bond acceptors (Lipinski definition) is 2. The number of carbonyl (C=O) groups is 1. The van der Waals surface area contributed by atoms with Crippen molar-refractivity contribution in [3.63, 3.8) is 0 Å². The summed E-state index contributed by atoms with van der Waals surface area (Å²) in [5.74, 6) is -0.277. The van der Waals surface area contributed by atoms with E-state index in [-0.39, 0.29) is 5.97 Å². The molecule has 0 spiro atoms. The van der Waals surface area contributed by atoms with Crippen LogP contribution in [0, 0.1) is 0 Å². The first kappa shape index (κ1) is 12.7. The quantitative estimate of drug-likeness (QED) is 0.456. The molecule has 0 aliphatic heterocycles. The van der Waals surface area contributed by atoms with E-state index in [2.05, 4.69) is 19.6 Å². The average molecular weight is 234 g/mol. The molecule has 0 heterocycles. The molecule has 1 aromatic carbocycles. The number of benzene rings is 1. The first-order valence-electron chi connectivity index (χ1n) is 5.30. The maximum Gasteiger partial charge on any atom is 0.330 e. The summed E-state index contributed by atoms with van der Waals surface area (Å²) in [4.78, 5) is 11.4. The molecule has 0 saturated heterocycles. The van der Waals surface area contributed by atoms with Crippen molar-refractivity contribution in [1.82, 2.24) is 0 Å². The molecule has 16 heavy (non-hydrogen) atoms. The second kappa shape index (κ2) is 5.12. The van der Waals surface area contributed by atoms with Crippen LogP contribution < -0.4 is 0 Å². The lowest BCUT2D eigenvalue weighted by atomic mass is 10.2. The Morgan fingerprint density at radius 2 is 1.75 bits per heavy atom. The summed E-state index contributed by atoms with van der Waals surface area (Å²) < 4.78 is 4.70. The molecule has 3 heteroatoms. The predicted octanol–water partition coefficient (Wildman–Crippen LogP) is 3.12. The van der Waals surface area contributed by atoms with Gasteiger partial charge in [-0.3, -0.25) is 0 Å². The summed E-state index contributed by atoms with van der Waals surface area (Å²) >= 11 is 0. The molecule has 0 aliphatic carbocycles. The Morgan fingerprint density at radius 3 is 2.19 bits per heavy atom. The van der Waals surface area contributed by atoms with Gasteiger partial charge in [0.1, 0.15) is 0 Å². The Labute approximate surface area is 98.0 Å². The largest absolute Gasteiger partial charge is 0.466 e. The van der Waals surface area contributed by atoms with Crippen LogP contribution in [-0.2, 0) is 9.53 Å². The lowest BCUT2D eigenvalue weighted by Gasteiger charge is -2.21. The van der Waals surface area contributed by atoms with Gasteiger partial charge in [-0.2, -0.15) is 0 Å². The van der Waals surface area contributed by atoms with Crippen molar-refractivity contribution in [3.05, 3.63) is 42.0 Å². The minimum atomic E-state index is -1.55. The number of hydrogen-bond donors (Lipinski definition) is 0. The predicted molar refractivity (Wildman–Crippen MR) is 69.8 cm³/mol. The van der Waals surface area contributed by atoms with E-state index in [0.717, 1.165) is 10.8 Å². The zero-order valence-corrected chi connectivity index (χ0v) is 11.3. The van der Waals surface area contributed by atoms with Crippen LogP contribution >= 0.6 is 0 Å². The molecule has 0 unspecified atom stereocenters. The van der Waals surface area contributed by atoms with Crippen LogP contribution in [0.15, 0.2) is 36.4 Å². The summed E-state index contributed by atoms with van der Waals surface area (Å²) in [7, 11) is -0.138. The summed E-state index contributed by atoms with van der Waals surface area (Å²) in [6.45, 7) is 6.65. The summed E-state index contributed by atoms with van der Waals surface area (Å²) in [5.41, 5.74) is 1.12. The van der Waals surface area contributed by atoms with Crippen LogP contribution in [0.4, 0.5) is 0 Å². The van der Waals surface area contributed by atoms with E-state index in [4.69, 9.17) is 4.74 Å². The minimum Gasteiger partial charge on any atom is -0.466 e. The van der Waals surface area contributed by atoms with Crippen LogP contribution in [0.1, 0.15) is 5.56 Å². The van der Waals surface area contributed by atoms with Gasteiger partial charge in [-0.05, 0) is 10.8 Å². The lowest BCUT2D eigenvalue weighted by molar-refractivity contribution is -0.134. The van der Waals surface area contributed by atoms with E-state index in [0.29, 0.717) is 0 Å². The SMILES string of the molecule is COC(=O)/C=C(/c1ccccc1)[Si](C)(C)C. The molecule has 0 atom stereocenters. The number of ether oxygens (including phenoxy) is 1. The van der Waals surface area contributed by atoms with Gasteiger partial charge >= 0.3 is 5.97 Å². The smallest absolute Gasteiger partial charge is 0.330 e. The molecule has 0 aliphatic rings. The van der Waals surface area contributed by atoms with Crippen LogP contribution in [0.5, 0.6) is 0 Å². The lowest BCUT2D eigenvalue weighted by Crippen LogP contribution is -2.23. The number of carbonyl (C=O) groups excluding carboxylic acids is 1. The highest BCUT2D eigenvalue weighted by Gasteiger charge is 2.22. The average Bonchev–Trinajstić information content (AvgIpc) is 2.25. The summed E-state index contributed by atoms with van der Waals surface area (Å²) in [5, 5.41) is 1.12. The minimum absolute atomic E-state index is 0.277. The van der Waals surface area contributed by atoms with Gasteiger partial charge in [0.25, 0.3) is 0 Å². The van der Waals surface area contributed by atoms with Crippen molar-refractivity contribution in [2.75, 3.05) is 7.11 Å². The third-order valence-electron chi connectivity index (χ3n) is 2.36. The molecule has 2 nitrogen and oxygen atoms in total. The highest BCUT2D eigenvalue weighted by molar-refractivity contribution is 6.94. The normalized spacial score (nSPS) is 12.4. The zero-order valence-electron chi connectivity index (χ0n) is 10.3. The van der Waals surface area contributed by atoms with Crippen molar-refractivity contribution < 1.29 is 9.53 Å². The Hall–Kier alpha value is -1.35. The molecule has 0 N–H and O–H groups in total. The van der Waals surface area contributed by atoms with Gasteiger partial charge in [-0.25, -0.2) is 4.79 Å². The van der Waals surface area contributed by atoms with Crippen LogP contribution in [-0.4, -0.2) is 21.2 Å². The molecule has 0 amide bonds. The number of rotatable bonds is 3. The molecule has 0 radical (unpaired) electrons. The standard InChI is InChI=1S/C13H18O2Si/c1-15-13(14)10-12(16(2,3)4)11-8-6-5-7-9-11/h5-10H,1-4H3/b12-10-. The van der Waals surface area contributed by atoms with Gasteiger partial charge in [-0.1, -0.05) is 50.0 Å². The van der Waals surface area contributed by atoms with Gasteiger partial charge in [0.2, 0.25) is 0 Å². The highest BCUT2D eigenvalue weighted by atomic mass is 28.3. The van der Waals surface area contributed by atoms with Crippen molar-refractivity contribution in [3.8, 4) is 0 Å². The maximum atomic E-state index is 11.4. The number of methoxy groups -OCH3 is 1. The molecule has 1 rings (SSSR count). The fourth-order valence-corrected chi connectivity index (χ4v) is 3.11. The Balaban J connectivity index is 3.18. The number of esters is 1. The molecular weight excluding hydrogens is 216 g/mol. The topological polar surface area (TPSA) is 26.3 Å². The second-order valence-corrected chi connectivity index (χ2v) is 9.74.